The summed E-state index contributed by atoms with van der Waals surface area (Å²) in [6, 6.07) is 12.8. The lowest BCUT2D eigenvalue weighted by Gasteiger charge is -2.05. The van der Waals surface area contributed by atoms with Crippen LogP contribution in [-0.2, 0) is 4.79 Å². The van der Waals surface area contributed by atoms with Crippen LogP contribution in [0.5, 0.6) is 5.75 Å². The topological polar surface area (TPSA) is 51.2 Å². The SMILES string of the molecule is CCCCOc1ccc(/C=C/C(=O)Nc2nc(-c3ccc(Cl)cc3Cl)cs2)cc1. The molecule has 0 fully saturated rings. The van der Waals surface area contributed by atoms with Crippen molar-refractivity contribution in [1.82, 2.24) is 4.98 Å². The number of rotatable bonds is 8. The fourth-order valence-electron chi connectivity index (χ4n) is 2.48. The fraction of sp³-hybridized carbons (Fsp3) is 0.182. The van der Waals surface area contributed by atoms with Crippen molar-refractivity contribution in [1.29, 1.82) is 0 Å². The van der Waals surface area contributed by atoms with Gasteiger partial charge in [0.2, 0.25) is 5.91 Å². The number of anilines is 1. The Morgan fingerprint density at radius 2 is 2.00 bits per heavy atom. The predicted octanol–water partition coefficient (Wildman–Crippen LogP) is 6.95. The van der Waals surface area contributed by atoms with Crippen molar-refractivity contribution in [3.8, 4) is 17.0 Å². The van der Waals surface area contributed by atoms with Crippen LogP contribution in [0.1, 0.15) is 25.3 Å². The number of halogens is 2. The van der Waals surface area contributed by atoms with E-state index in [0.717, 1.165) is 29.7 Å². The van der Waals surface area contributed by atoms with Crippen molar-refractivity contribution < 1.29 is 9.53 Å². The highest BCUT2D eigenvalue weighted by Gasteiger charge is 2.10. The predicted molar refractivity (Wildman–Crippen MR) is 122 cm³/mol. The van der Waals surface area contributed by atoms with Crippen molar-refractivity contribution in [3.05, 3.63) is 69.5 Å². The minimum Gasteiger partial charge on any atom is -0.494 e. The standard InChI is InChI=1S/C22H20Cl2N2O2S/c1-2-3-12-28-17-8-4-15(5-9-17)6-11-21(27)26-22-25-20(14-29-22)18-10-7-16(23)13-19(18)24/h4-11,13-14H,2-3,12H2,1H3,(H,25,26,27)/b11-6+. The second kappa shape index (κ2) is 10.4. The van der Waals surface area contributed by atoms with Gasteiger partial charge in [0.25, 0.3) is 0 Å². The molecule has 0 atom stereocenters. The lowest BCUT2D eigenvalue weighted by atomic mass is 10.2. The molecule has 1 heterocycles. The van der Waals surface area contributed by atoms with Gasteiger partial charge in [-0.2, -0.15) is 0 Å². The fourth-order valence-corrected chi connectivity index (χ4v) is 3.70. The van der Waals surface area contributed by atoms with Crippen LogP contribution in [0.15, 0.2) is 53.9 Å². The Morgan fingerprint density at radius 3 is 2.72 bits per heavy atom. The first-order valence-corrected chi connectivity index (χ1v) is 10.8. The third-order valence-electron chi connectivity index (χ3n) is 4.02. The number of nitrogens with zero attached hydrogens (tertiary/aromatic N) is 1. The van der Waals surface area contributed by atoms with E-state index in [4.69, 9.17) is 27.9 Å². The molecule has 150 valence electrons. The van der Waals surface area contributed by atoms with Crippen LogP contribution in [-0.4, -0.2) is 17.5 Å². The Balaban J connectivity index is 1.57. The number of aromatic nitrogens is 1. The average molecular weight is 447 g/mol. The van der Waals surface area contributed by atoms with Crippen molar-refractivity contribution in [2.24, 2.45) is 0 Å². The van der Waals surface area contributed by atoms with Crippen LogP contribution in [0.3, 0.4) is 0 Å². The number of nitrogens with one attached hydrogen (secondary N) is 1. The van der Waals surface area contributed by atoms with E-state index in [1.54, 1.807) is 24.3 Å². The van der Waals surface area contributed by atoms with Gasteiger partial charge in [0.15, 0.2) is 5.13 Å². The maximum Gasteiger partial charge on any atom is 0.250 e. The smallest absolute Gasteiger partial charge is 0.250 e. The highest BCUT2D eigenvalue weighted by atomic mass is 35.5. The molecule has 0 spiro atoms. The zero-order chi connectivity index (χ0) is 20.6. The number of carbonyl (C=O) groups excluding carboxylic acids is 1. The summed E-state index contributed by atoms with van der Waals surface area (Å²) in [4.78, 5) is 16.6. The summed E-state index contributed by atoms with van der Waals surface area (Å²) in [5.41, 5.74) is 2.37. The second-order valence-corrected chi connectivity index (χ2v) is 7.96. The number of ether oxygens (including phenoxy) is 1. The van der Waals surface area contributed by atoms with Crippen LogP contribution in [0.2, 0.25) is 10.0 Å². The molecule has 0 aliphatic heterocycles. The molecule has 29 heavy (non-hydrogen) atoms. The molecule has 1 amide bonds. The molecule has 0 aliphatic carbocycles. The number of hydrogen-bond acceptors (Lipinski definition) is 4. The summed E-state index contributed by atoms with van der Waals surface area (Å²) in [6.07, 6.45) is 5.35. The molecule has 2 aromatic carbocycles. The van der Waals surface area contributed by atoms with Crippen molar-refractivity contribution >= 4 is 51.7 Å². The van der Waals surface area contributed by atoms with Crippen molar-refractivity contribution in [3.63, 3.8) is 0 Å². The Bertz CT molecular complexity index is 1000. The maximum atomic E-state index is 12.2. The number of amides is 1. The molecule has 0 unspecified atom stereocenters. The molecule has 0 bridgehead atoms. The van der Waals surface area contributed by atoms with E-state index >= 15 is 0 Å². The molecule has 0 radical (unpaired) electrons. The van der Waals surface area contributed by atoms with Crippen LogP contribution in [0, 0.1) is 0 Å². The van der Waals surface area contributed by atoms with Gasteiger partial charge in [-0.15, -0.1) is 11.3 Å². The van der Waals surface area contributed by atoms with Gasteiger partial charge in [-0.05, 0) is 48.4 Å². The molecule has 3 aromatic rings. The Labute approximate surface area is 184 Å². The molecule has 1 N–H and O–H groups in total. The number of hydrogen-bond donors (Lipinski definition) is 1. The molecular weight excluding hydrogens is 427 g/mol. The second-order valence-electron chi connectivity index (χ2n) is 6.26. The largest absolute Gasteiger partial charge is 0.494 e. The lowest BCUT2D eigenvalue weighted by Crippen LogP contribution is -2.07. The van der Waals surface area contributed by atoms with E-state index in [2.05, 4.69) is 17.2 Å². The van der Waals surface area contributed by atoms with Gasteiger partial charge in [0.1, 0.15) is 5.75 Å². The summed E-state index contributed by atoms with van der Waals surface area (Å²) in [5, 5.41) is 6.19. The quantitative estimate of drug-likeness (QED) is 0.300. The van der Waals surface area contributed by atoms with Gasteiger partial charge >= 0.3 is 0 Å². The zero-order valence-corrected chi connectivity index (χ0v) is 18.2. The monoisotopic (exact) mass is 446 g/mol. The van der Waals surface area contributed by atoms with Gasteiger partial charge in [-0.3, -0.25) is 10.1 Å². The summed E-state index contributed by atoms with van der Waals surface area (Å²) in [5.74, 6) is 0.576. The molecular formula is C22H20Cl2N2O2S. The van der Waals surface area contributed by atoms with Gasteiger partial charge < -0.3 is 4.74 Å². The summed E-state index contributed by atoms with van der Waals surface area (Å²) < 4.78 is 5.63. The number of carbonyl (C=O) groups is 1. The summed E-state index contributed by atoms with van der Waals surface area (Å²) >= 11 is 13.5. The van der Waals surface area contributed by atoms with E-state index in [9.17, 15) is 4.79 Å². The minimum absolute atomic E-state index is 0.253. The van der Waals surface area contributed by atoms with Gasteiger partial charge in [-0.25, -0.2) is 4.98 Å². The van der Waals surface area contributed by atoms with Crippen LogP contribution in [0.25, 0.3) is 17.3 Å². The molecule has 4 nitrogen and oxygen atoms in total. The average Bonchev–Trinajstić information content (AvgIpc) is 3.15. The Morgan fingerprint density at radius 1 is 1.21 bits per heavy atom. The normalized spacial score (nSPS) is 11.0. The van der Waals surface area contributed by atoms with E-state index in [0.29, 0.717) is 27.5 Å². The molecule has 0 saturated heterocycles. The summed E-state index contributed by atoms with van der Waals surface area (Å²) in [6.45, 7) is 2.84. The highest BCUT2D eigenvalue weighted by Crippen LogP contribution is 2.32. The van der Waals surface area contributed by atoms with E-state index in [-0.39, 0.29) is 5.91 Å². The first-order valence-electron chi connectivity index (χ1n) is 9.18. The van der Waals surface area contributed by atoms with E-state index in [1.807, 2.05) is 29.6 Å². The molecule has 0 aliphatic rings. The van der Waals surface area contributed by atoms with Gasteiger partial charge in [0, 0.05) is 22.0 Å². The number of thiazole rings is 1. The first kappa shape index (κ1) is 21.4. The van der Waals surface area contributed by atoms with Crippen LogP contribution in [0.4, 0.5) is 5.13 Å². The van der Waals surface area contributed by atoms with Gasteiger partial charge in [-0.1, -0.05) is 48.7 Å². The summed E-state index contributed by atoms with van der Waals surface area (Å²) in [7, 11) is 0. The molecule has 0 saturated carbocycles. The highest BCUT2D eigenvalue weighted by molar-refractivity contribution is 7.14. The van der Waals surface area contributed by atoms with Crippen LogP contribution < -0.4 is 10.1 Å². The van der Waals surface area contributed by atoms with Crippen LogP contribution >= 0.6 is 34.5 Å². The molecule has 1 aromatic heterocycles. The van der Waals surface area contributed by atoms with Crippen molar-refractivity contribution in [2.75, 3.05) is 11.9 Å². The molecule has 3 rings (SSSR count). The third kappa shape index (κ3) is 6.32. The zero-order valence-electron chi connectivity index (χ0n) is 15.8. The number of benzene rings is 2. The maximum absolute atomic E-state index is 12.2. The van der Waals surface area contributed by atoms with E-state index < -0.39 is 0 Å². The number of unbranched alkanes of at least 4 members (excludes halogenated alkanes) is 1. The van der Waals surface area contributed by atoms with Gasteiger partial charge in [0.05, 0.1) is 17.3 Å². The Hall–Kier alpha value is -2.34. The third-order valence-corrected chi connectivity index (χ3v) is 5.32. The molecule has 7 heteroatoms. The Kier molecular flexibility index (Phi) is 7.69. The van der Waals surface area contributed by atoms with Crippen molar-refractivity contribution in [2.45, 2.75) is 19.8 Å². The van der Waals surface area contributed by atoms with E-state index in [1.165, 1.54) is 17.4 Å². The lowest BCUT2D eigenvalue weighted by molar-refractivity contribution is -0.111. The first-order chi connectivity index (χ1) is 14.0. The minimum atomic E-state index is -0.253.